The zero-order valence-electron chi connectivity index (χ0n) is 15.0. The van der Waals surface area contributed by atoms with Gasteiger partial charge in [0.1, 0.15) is 18.1 Å². The number of carbonyl (C=O) groups excluding carboxylic acids is 1. The van der Waals surface area contributed by atoms with Gasteiger partial charge in [-0.05, 0) is 31.0 Å². The Morgan fingerprint density at radius 3 is 2.96 bits per heavy atom. The Morgan fingerprint density at radius 1 is 1.30 bits per heavy atom. The van der Waals surface area contributed by atoms with Crippen LogP contribution in [0.3, 0.4) is 0 Å². The van der Waals surface area contributed by atoms with Crippen LogP contribution in [-0.2, 0) is 4.74 Å². The van der Waals surface area contributed by atoms with Crippen molar-refractivity contribution in [1.82, 2.24) is 19.3 Å². The van der Waals surface area contributed by atoms with Crippen LogP contribution in [0.2, 0.25) is 0 Å². The minimum atomic E-state index is -0.132. The van der Waals surface area contributed by atoms with Crippen molar-refractivity contribution in [2.24, 2.45) is 0 Å². The molecule has 0 bridgehead atoms. The highest BCUT2D eigenvalue weighted by Gasteiger charge is 2.25. The maximum Gasteiger partial charge on any atom is 0.274 e. The van der Waals surface area contributed by atoms with Gasteiger partial charge in [-0.25, -0.2) is 9.97 Å². The lowest BCUT2D eigenvalue weighted by molar-refractivity contribution is 0.0490. The molecule has 140 valence electrons. The molecule has 1 saturated heterocycles. The number of rotatable bonds is 7. The molecule has 1 fully saturated rings. The highest BCUT2D eigenvalue weighted by Crippen LogP contribution is 2.16. The van der Waals surface area contributed by atoms with E-state index < -0.39 is 0 Å². The van der Waals surface area contributed by atoms with Gasteiger partial charge < -0.3 is 14.4 Å². The summed E-state index contributed by atoms with van der Waals surface area (Å²) in [7, 11) is 0. The number of para-hydroxylation sites is 1. The van der Waals surface area contributed by atoms with Gasteiger partial charge >= 0.3 is 0 Å². The second kappa shape index (κ2) is 8.18. The Balaban J connectivity index is 1.46. The molecule has 1 aromatic carbocycles. The molecular weight excluding hydrogens is 344 g/mol. The van der Waals surface area contributed by atoms with E-state index in [4.69, 9.17) is 9.47 Å². The van der Waals surface area contributed by atoms with E-state index in [-0.39, 0.29) is 12.0 Å². The van der Waals surface area contributed by atoms with E-state index in [1.54, 1.807) is 27.8 Å². The van der Waals surface area contributed by atoms with E-state index in [1.165, 1.54) is 0 Å². The fourth-order valence-electron chi connectivity index (χ4n) is 3.20. The standard InChI is InChI=1S/C20H22N4O3/c25-19(18-15-24-10-5-9-21-20(24)22-18)23(14-17-8-4-12-26-17)11-13-27-16-6-2-1-3-7-16/h1-3,5-7,9-10,15,17H,4,8,11-14H2/t17-/m1/s1. The number of carbonyl (C=O) groups is 1. The summed E-state index contributed by atoms with van der Waals surface area (Å²) in [5.74, 6) is 1.17. The van der Waals surface area contributed by atoms with Gasteiger partial charge in [-0.1, -0.05) is 18.2 Å². The summed E-state index contributed by atoms with van der Waals surface area (Å²) in [6.45, 7) is 2.17. The predicted octanol–water partition coefficient (Wildman–Crippen LogP) is 2.43. The minimum absolute atomic E-state index is 0.0702. The summed E-state index contributed by atoms with van der Waals surface area (Å²) >= 11 is 0. The molecule has 0 saturated carbocycles. The number of aromatic nitrogens is 3. The van der Waals surface area contributed by atoms with Gasteiger partial charge in [-0.15, -0.1) is 0 Å². The summed E-state index contributed by atoms with van der Waals surface area (Å²) in [5.41, 5.74) is 0.381. The van der Waals surface area contributed by atoms with Crippen LogP contribution in [0.5, 0.6) is 5.75 Å². The van der Waals surface area contributed by atoms with E-state index in [0.29, 0.717) is 31.2 Å². The monoisotopic (exact) mass is 366 g/mol. The first-order valence-corrected chi connectivity index (χ1v) is 9.18. The van der Waals surface area contributed by atoms with Crippen molar-refractivity contribution in [3.63, 3.8) is 0 Å². The van der Waals surface area contributed by atoms with E-state index in [2.05, 4.69) is 9.97 Å². The van der Waals surface area contributed by atoms with Crippen molar-refractivity contribution in [2.75, 3.05) is 26.3 Å². The smallest absolute Gasteiger partial charge is 0.274 e. The second-order valence-electron chi connectivity index (χ2n) is 6.50. The third kappa shape index (κ3) is 4.25. The van der Waals surface area contributed by atoms with Gasteiger partial charge in [0.05, 0.1) is 12.6 Å². The summed E-state index contributed by atoms with van der Waals surface area (Å²) in [5, 5.41) is 0. The fraction of sp³-hybridized carbons (Fsp3) is 0.350. The minimum Gasteiger partial charge on any atom is -0.492 e. The van der Waals surface area contributed by atoms with Crippen LogP contribution in [0, 0.1) is 0 Å². The van der Waals surface area contributed by atoms with Gasteiger partial charge in [-0.3, -0.25) is 9.20 Å². The van der Waals surface area contributed by atoms with Crippen LogP contribution in [0.15, 0.2) is 55.0 Å². The summed E-state index contributed by atoms with van der Waals surface area (Å²) in [6, 6.07) is 11.4. The average Bonchev–Trinajstić information content (AvgIpc) is 3.37. The van der Waals surface area contributed by atoms with Gasteiger partial charge in [-0.2, -0.15) is 0 Å². The number of ether oxygens (including phenoxy) is 2. The molecule has 0 aliphatic carbocycles. The molecule has 1 aliphatic heterocycles. The van der Waals surface area contributed by atoms with Crippen molar-refractivity contribution in [1.29, 1.82) is 0 Å². The van der Waals surface area contributed by atoms with Crippen molar-refractivity contribution < 1.29 is 14.3 Å². The zero-order valence-corrected chi connectivity index (χ0v) is 15.0. The van der Waals surface area contributed by atoms with Crippen molar-refractivity contribution in [3.05, 3.63) is 60.7 Å². The molecule has 7 nitrogen and oxygen atoms in total. The highest BCUT2D eigenvalue weighted by atomic mass is 16.5. The molecule has 4 rings (SSSR count). The first-order valence-electron chi connectivity index (χ1n) is 9.18. The molecule has 1 amide bonds. The normalized spacial score (nSPS) is 16.5. The molecule has 27 heavy (non-hydrogen) atoms. The third-order valence-corrected chi connectivity index (χ3v) is 4.56. The highest BCUT2D eigenvalue weighted by molar-refractivity contribution is 5.92. The Hall–Kier alpha value is -2.93. The summed E-state index contributed by atoms with van der Waals surface area (Å²) < 4.78 is 13.2. The summed E-state index contributed by atoms with van der Waals surface area (Å²) in [4.78, 5) is 23.4. The van der Waals surface area contributed by atoms with Gasteiger partial charge in [0.15, 0.2) is 0 Å². The lowest BCUT2D eigenvalue weighted by Gasteiger charge is -2.24. The fourth-order valence-corrected chi connectivity index (χ4v) is 3.20. The van der Waals surface area contributed by atoms with Crippen molar-refractivity contribution in [3.8, 4) is 5.75 Å². The Kier molecular flexibility index (Phi) is 5.29. The first kappa shape index (κ1) is 17.5. The molecule has 3 aromatic rings. The zero-order chi connectivity index (χ0) is 18.5. The molecule has 2 aromatic heterocycles. The molecular formula is C20H22N4O3. The van der Waals surface area contributed by atoms with Crippen LogP contribution >= 0.6 is 0 Å². The maximum absolute atomic E-state index is 13.1. The number of imidazole rings is 1. The molecule has 7 heteroatoms. The SMILES string of the molecule is O=C(c1cn2cccnc2n1)N(CCOc1ccccc1)C[C@H]1CCCO1. The quantitative estimate of drug-likeness (QED) is 0.642. The van der Waals surface area contributed by atoms with Gasteiger partial charge in [0, 0.05) is 31.7 Å². The van der Waals surface area contributed by atoms with Crippen molar-refractivity contribution in [2.45, 2.75) is 18.9 Å². The molecule has 1 aliphatic rings. The Labute approximate surface area is 157 Å². The number of hydrogen-bond donors (Lipinski definition) is 0. The lowest BCUT2D eigenvalue weighted by atomic mass is 10.2. The maximum atomic E-state index is 13.1. The number of amides is 1. The van der Waals surface area contributed by atoms with E-state index >= 15 is 0 Å². The lowest BCUT2D eigenvalue weighted by Crippen LogP contribution is -2.40. The topological polar surface area (TPSA) is 69.0 Å². The van der Waals surface area contributed by atoms with Crippen LogP contribution in [0.4, 0.5) is 0 Å². The van der Waals surface area contributed by atoms with Crippen LogP contribution < -0.4 is 4.74 Å². The van der Waals surface area contributed by atoms with E-state index in [0.717, 1.165) is 25.2 Å². The Morgan fingerprint density at radius 2 is 2.19 bits per heavy atom. The second-order valence-corrected chi connectivity index (χ2v) is 6.50. The molecule has 0 unspecified atom stereocenters. The molecule has 3 heterocycles. The number of hydrogen-bond acceptors (Lipinski definition) is 5. The Bertz CT molecular complexity index is 857. The van der Waals surface area contributed by atoms with Crippen LogP contribution in [-0.4, -0.2) is 57.6 Å². The number of benzene rings is 1. The largest absolute Gasteiger partial charge is 0.492 e. The predicted molar refractivity (Wildman–Crippen MR) is 99.8 cm³/mol. The average molecular weight is 366 g/mol. The molecule has 0 spiro atoms. The van der Waals surface area contributed by atoms with Crippen LogP contribution in [0.1, 0.15) is 23.3 Å². The number of fused-ring (bicyclic) bond motifs is 1. The molecule has 0 N–H and O–H groups in total. The van der Waals surface area contributed by atoms with E-state index in [1.807, 2.05) is 36.5 Å². The molecule has 1 atom stereocenters. The first-order chi connectivity index (χ1) is 13.3. The number of nitrogens with zero attached hydrogens (tertiary/aromatic N) is 4. The van der Waals surface area contributed by atoms with Gasteiger partial charge in [0.2, 0.25) is 5.78 Å². The van der Waals surface area contributed by atoms with E-state index in [9.17, 15) is 4.79 Å². The van der Waals surface area contributed by atoms with Gasteiger partial charge in [0.25, 0.3) is 5.91 Å². The third-order valence-electron chi connectivity index (χ3n) is 4.56. The van der Waals surface area contributed by atoms with Crippen LogP contribution in [0.25, 0.3) is 5.78 Å². The molecule has 0 radical (unpaired) electrons. The summed E-state index contributed by atoms with van der Waals surface area (Å²) in [6.07, 6.45) is 7.27. The van der Waals surface area contributed by atoms with Crippen molar-refractivity contribution >= 4 is 11.7 Å².